The van der Waals surface area contributed by atoms with Crippen molar-refractivity contribution in [3.05, 3.63) is 58.7 Å². The summed E-state index contributed by atoms with van der Waals surface area (Å²) in [4.78, 5) is 23.8. The molecule has 0 unspecified atom stereocenters. The molecular weight excluding hydrogens is 330 g/mol. The molecular formula is C21H25NO4. The summed E-state index contributed by atoms with van der Waals surface area (Å²) in [6.45, 7) is 7.35. The third-order valence-electron chi connectivity index (χ3n) is 3.99. The predicted molar refractivity (Wildman–Crippen MR) is 102 cm³/mol. The summed E-state index contributed by atoms with van der Waals surface area (Å²) in [7, 11) is 0. The standard InChI is InChI=1S/C21H25NO4/c1-5-17-6-8-18(9-7-17)25-13-20(24)26-12-19(23)22-21-15(3)10-14(2)11-16(21)4/h6-11H,5,12-13H2,1-4H3,(H,22,23). The van der Waals surface area contributed by atoms with Crippen molar-refractivity contribution in [3.63, 3.8) is 0 Å². The van der Waals surface area contributed by atoms with Gasteiger partial charge in [-0.1, -0.05) is 36.8 Å². The summed E-state index contributed by atoms with van der Waals surface area (Å²) in [5.74, 6) is -0.368. The Morgan fingerprint density at radius 2 is 1.58 bits per heavy atom. The van der Waals surface area contributed by atoms with E-state index in [0.29, 0.717) is 5.75 Å². The Bertz CT molecular complexity index is 758. The molecule has 0 aliphatic rings. The van der Waals surface area contributed by atoms with Gasteiger partial charge in [-0.15, -0.1) is 0 Å². The van der Waals surface area contributed by atoms with E-state index in [9.17, 15) is 9.59 Å². The first-order valence-electron chi connectivity index (χ1n) is 8.64. The van der Waals surface area contributed by atoms with Gasteiger partial charge in [0.2, 0.25) is 0 Å². The average molecular weight is 355 g/mol. The number of aryl methyl sites for hydroxylation is 4. The van der Waals surface area contributed by atoms with E-state index in [-0.39, 0.29) is 19.1 Å². The lowest BCUT2D eigenvalue weighted by molar-refractivity contribution is -0.149. The van der Waals surface area contributed by atoms with Gasteiger partial charge >= 0.3 is 5.97 Å². The average Bonchev–Trinajstić information content (AvgIpc) is 2.61. The van der Waals surface area contributed by atoms with Crippen LogP contribution in [0.2, 0.25) is 0 Å². The third kappa shape index (κ3) is 5.62. The smallest absolute Gasteiger partial charge is 0.344 e. The summed E-state index contributed by atoms with van der Waals surface area (Å²) >= 11 is 0. The van der Waals surface area contributed by atoms with Crippen LogP contribution in [0, 0.1) is 20.8 Å². The lowest BCUT2D eigenvalue weighted by Gasteiger charge is -2.13. The number of ether oxygens (including phenoxy) is 2. The van der Waals surface area contributed by atoms with Crippen molar-refractivity contribution in [2.45, 2.75) is 34.1 Å². The van der Waals surface area contributed by atoms with Gasteiger partial charge in [-0.25, -0.2) is 4.79 Å². The zero-order valence-electron chi connectivity index (χ0n) is 15.7. The van der Waals surface area contributed by atoms with Gasteiger partial charge in [0.05, 0.1) is 0 Å². The Morgan fingerprint density at radius 3 is 2.15 bits per heavy atom. The number of rotatable bonds is 7. The number of carbonyl (C=O) groups excluding carboxylic acids is 2. The maximum absolute atomic E-state index is 12.0. The minimum atomic E-state index is -0.586. The van der Waals surface area contributed by atoms with Crippen LogP contribution < -0.4 is 10.1 Å². The lowest BCUT2D eigenvalue weighted by atomic mass is 10.1. The van der Waals surface area contributed by atoms with Crippen molar-refractivity contribution in [2.75, 3.05) is 18.5 Å². The van der Waals surface area contributed by atoms with Crippen molar-refractivity contribution in [3.8, 4) is 5.75 Å². The topological polar surface area (TPSA) is 64.6 Å². The minimum Gasteiger partial charge on any atom is -0.482 e. The number of esters is 1. The largest absolute Gasteiger partial charge is 0.482 e. The number of anilines is 1. The van der Waals surface area contributed by atoms with E-state index < -0.39 is 5.97 Å². The maximum Gasteiger partial charge on any atom is 0.344 e. The summed E-state index contributed by atoms with van der Waals surface area (Å²) < 4.78 is 10.3. The van der Waals surface area contributed by atoms with E-state index >= 15 is 0 Å². The zero-order chi connectivity index (χ0) is 19.1. The first kappa shape index (κ1) is 19.5. The van der Waals surface area contributed by atoms with Crippen LogP contribution in [-0.2, 0) is 20.7 Å². The molecule has 26 heavy (non-hydrogen) atoms. The second-order valence-corrected chi connectivity index (χ2v) is 6.27. The third-order valence-corrected chi connectivity index (χ3v) is 3.99. The zero-order valence-corrected chi connectivity index (χ0v) is 15.7. The van der Waals surface area contributed by atoms with Crippen molar-refractivity contribution in [1.82, 2.24) is 0 Å². The van der Waals surface area contributed by atoms with Crippen LogP contribution in [0.5, 0.6) is 5.75 Å². The van der Waals surface area contributed by atoms with Crippen LogP contribution in [0.25, 0.3) is 0 Å². The van der Waals surface area contributed by atoms with Gasteiger partial charge < -0.3 is 14.8 Å². The summed E-state index contributed by atoms with van der Waals surface area (Å²) in [6.07, 6.45) is 0.942. The quantitative estimate of drug-likeness (QED) is 0.769. The van der Waals surface area contributed by atoms with Crippen LogP contribution in [0.4, 0.5) is 5.69 Å². The van der Waals surface area contributed by atoms with Crippen molar-refractivity contribution >= 4 is 17.6 Å². The molecule has 1 amide bonds. The molecule has 2 aromatic rings. The summed E-state index contributed by atoms with van der Waals surface area (Å²) in [5.41, 5.74) is 5.03. The highest BCUT2D eigenvalue weighted by Crippen LogP contribution is 2.21. The predicted octanol–water partition coefficient (Wildman–Crippen LogP) is 3.73. The fourth-order valence-electron chi connectivity index (χ4n) is 2.70. The Morgan fingerprint density at radius 1 is 0.962 bits per heavy atom. The Kier molecular flexibility index (Phi) is 6.78. The molecule has 0 bridgehead atoms. The van der Waals surface area contributed by atoms with Gasteiger partial charge in [0, 0.05) is 5.69 Å². The molecule has 0 radical (unpaired) electrons. The normalized spacial score (nSPS) is 10.3. The first-order valence-corrected chi connectivity index (χ1v) is 8.64. The van der Waals surface area contributed by atoms with E-state index in [0.717, 1.165) is 28.8 Å². The number of nitrogens with one attached hydrogen (secondary N) is 1. The molecule has 0 spiro atoms. The van der Waals surface area contributed by atoms with Crippen molar-refractivity contribution < 1.29 is 19.1 Å². The SMILES string of the molecule is CCc1ccc(OCC(=O)OCC(=O)Nc2c(C)cc(C)cc2C)cc1. The van der Waals surface area contributed by atoms with E-state index in [1.165, 1.54) is 5.56 Å². The van der Waals surface area contributed by atoms with E-state index in [1.807, 2.05) is 57.2 Å². The lowest BCUT2D eigenvalue weighted by Crippen LogP contribution is -2.24. The number of carbonyl (C=O) groups is 2. The molecule has 5 heteroatoms. The highest BCUT2D eigenvalue weighted by molar-refractivity contribution is 5.94. The molecule has 0 saturated carbocycles. The monoisotopic (exact) mass is 355 g/mol. The van der Waals surface area contributed by atoms with Crippen LogP contribution in [-0.4, -0.2) is 25.1 Å². The maximum atomic E-state index is 12.0. The fraction of sp³-hybridized carbons (Fsp3) is 0.333. The highest BCUT2D eigenvalue weighted by Gasteiger charge is 2.11. The number of benzene rings is 2. The Balaban J connectivity index is 1.78. The highest BCUT2D eigenvalue weighted by atomic mass is 16.6. The molecule has 1 N–H and O–H groups in total. The fourth-order valence-corrected chi connectivity index (χ4v) is 2.70. The van der Waals surface area contributed by atoms with Crippen LogP contribution in [0.3, 0.4) is 0 Å². The van der Waals surface area contributed by atoms with Crippen LogP contribution in [0.15, 0.2) is 36.4 Å². The first-order chi connectivity index (χ1) is 12.4. The number of hydrogen-bond acceptors (Lipinski definition) is 4. The molecule has 0 fully saturated rings. The van der Waals surface area contributed by atoms with E-state index in [1.54, 1.807) is 0 Å². The van der Waals surface area contributed by atoms with Crippen LogP contribution in [0.1, 0.15) is 29.2 Å². The van der Waals surface area contributed by atoms with Gasteiger partial charge in [-0.05, 0) is 56.0 Å². The molecule has 2 rings (SSSR count). The molecule has 0 aliphatic heterocycles. The minimum absolute atomic E-state index is 0.235. The second kappa shape index (κ2) is 9.04. The molecule has 0 atom stereocenters. The number of amides is 1. The summed E-state index contributed by atoms with van der Waals surface area (Å²) in [5, 5.41) is 2.79. The van der Waals surface area contributed by atoms with Crippen LogP contribution >= 0.6 is 0 Å². The molecule has 0 aliphatic carbocycles. The van der Waals surface area contributed by atoms with Crippen molar-refractivity contribution in [2.24, 2.45) is 0 Å². The second-order valence-electron chi connectivity index (χ2n) is 6.27. The van der Waals surface area contributed by atoms with Gasteiger partial charge in [0.25, 0.3) is 5.91 Å². The van der Waals surface area contributed by atoms with Gasteiger partial charge in [-0.3, -0.25) is 4.79 Å². The van der Waals surface area contributed by atoms with E-state index in [4.69, 9.17) is 9.47 Å². The molecule has 2 aromatic carbocycles. The number of hydrogen-bond donors (Lipinski definition) is 1. The van der Waals surface area contributed by atoms with Crippen molar-refractivity contribution in [1.29, 1.82) is 0 Å². The molecule has 0 aromatic heterocycles. The molecule has 5 nitrogen and oxygen atoms in total. The Labute approximate surface area is 154 Å². The van der Waals surface area contributed by atoms with E-state index in [2.05, 4.69) is 12.2 Å². The molecule has 138 valence electrons. The molecule has 0 saturated heterocycles. The Hall–Kier alpha value is -2.82. The van der Waals surface area contributed by atoms with Gasteiger partial charge in [0.15, 0.2) is 13.2 Å². The molecule has 0 heterocycles. The summed E-state index contributed by atoms with van der Waals surface area (Å²) in [6, 6.07) is 11.5. The van der Waals surface area contributed by atoms with Gasteiger partial charge in [-0.2, -0.15) is 0 Å². The van der Waals surface area contributed by atoms with Gasteiger partial charge in [0.1, 0.15) is 5.75 Å².